The molecule has 0 radical (unpaired) electrons. The third-order valence-electron chi connectivity index (χ3n) is 1.78. The first kappa shape index (κ1) is 9.98. The second-order valence-electron chi connectivity index (χ2n) is 3.30. The van der Waals surface area contributed by atoms with Crippen molar-refractivity contribution in [2.24, 2.45) is 0 Å². The maximum Gasteiger partial charge on any atom is 0.323 e. The van der Waals surface area contributed by atoms with Gasteiger partial charge in [-0.05, 0) is 27.1 Å². The molecule has 0 atom stereocenters. The third kappa shape index (κ3) is 3.42. The van der Waals surface area contributed by atoms with Crippen LogP contribution in [0, 0.1) is 0 Å². The van der Waals surface area contributed by atoms with E-state index >= 15 is 0 Å². The topological polar surface area (TPSA) is 45.4 Å². The average molecular weight is 184 g/mol. The maximum absolute atomic E-state index is 4.90. The molecule has 1 heterocycles. The maximum atomic E-state index is 4.90. The molecule has 1 rings (SSSR count). The van der Waals surface area contributed by atoms with Crippen molar-refractivity contribution in [3.63, 3.8) is 0 Å². The van der Waals surface area contributed by atoms with Crippen molar-refractivity contribution in [1.29, 1.82) is 0 Å². The molecule has 74 valence electrons. The van der Waals surface area contributed by atoms with Crippen molar-refractivity contribution in [2.45, 2.75) is 6.42 Å². The molecule has 5 nitrogen and oxygen atoms in total. The lowest BCUT2D eigenvalue weighted by Gasteiger charge is -2.15. The number of nitrogens with zero attached hydrogens (tertiary/aromatic N) is 4. The minimum Gasteiger partial charge on any atom is -0.327 e. The van der Waals surface area contributed by atoms with E-state index < -0.39 is 0 Å². The molecule has 0 unspecified atom stereocenters. The summed E-state index contributed by atoms with van der Waals surface area (Å²) in [6, 6.07) is 0.582. The predicted octanol–water partition coefficient (Wildman–Crippen LogP) is 0.457. The summed E-state index contributed by atoms with van der Waals surface area (Å²) in [5, 5.41) is 3.55. The Balaban J connectivity index is 2.22. The molecule has 0 bridgehead atoms. The standard InChI is InChI=1S/C8H16N4O/c1-11(2)5-4-6-12(3)8-9-7-10-13-8/h7H,4-6H2,1-3H3. The molecule has 13 heavy (non-hydrogen) atoms. The van der Waals surface area contributed by atoms with Crippen LogP contribution in [-0.2, 0) is 0 Å². The van der Waals surface area contributed by atoms with Crippen LogP contribution in [0.25, 0.3) is 0 Å². The van der Waals surface area contributed by atoms with Crippen molar-refractivity contribution in [2.75, 3.05) is 39.1 Å². The van der Waals surface area contributed by atoms with E-state index in [4.69, 9.17) is 4.52 Å². The van der Waals surface area contributed by atoms with Gasteiger partial charge in [0, 0.05) is 13.6 Å². The zero-order valence-corrected chi connectivity index (χ0v) is 8.40. The summed E-state index contributed by atoms with van der Waals surface area (Å²) in [4.78, 5) is 8.06. The molecular formula is C8H16N4O. The molecule has 0 amide bonds. The minimum atomic E-state index is 0.582. The van der Waals surface area contributed by atoms with Gasteiger partial charge in [0.1, 0.15) is 0 Å². The summed E-state index contributed by atoms with van der Waals surface area (Å²) in [6.45, 7) is 2.00. The summed E-state index contributed by atoms with van der Waals surface area (Å²) in [6.07, 6.45) is 2.50. The van der Waals surface area contributed by atoms with E-state index in [1.165, 1.54) is 6.33 Å². The van der Waals surface area contributed by atoms with Crippen molar-refractivity contribution in [1.82, 2.24) is 15.0 Å². The Morgan fingerprint density at radius 1 is 1.31 bits per heavy atom. The molecule has 0 saturated carbocycles. The second kappa shape index (κ2) is 4.81. The van der Waals surface area contributed by atoms with Crippen LogP contribution in [0.4, 0.5) is 6.01 Å². The van der Waals surface area contributed by atoms with Gasteiger partial charge in [0.2, 0.25) is 0 Å². The highest BCUT2D eigenvalue weighted by Gasteiger charge is 2.05. The van der Waals surface area contributed by atoms with Gasteiger partial charge in [0.25, 0.3) is 0 Å². The summed E-state index contributed by atoms with van der Waals surface area (Å²) in [7, 11) is 6.07. The molecule has 1 aromatic heterocycles. The van der Waals surface area contributed by atoms with Crippen LogP contribution in [0.1, 0.15) is 6.42 Å². The second-order valence-corrected chi connectivity index (χ2v) is 3.30. The van der Waals surface area contributed by atoms with Gasteiger partial charge in [-0.25, -0.2) is 0 Å². The summed E-state index contributed by atoms with van der Waals surface area (Å²) in [5.74, 6) is 0. The van der Waals surface area contributed by atoms with E-state index in [1.807, 2.05) is 11.9 Å². The summed E-state index contributed by atoms with van der Waals surface area (Å²) in [5.41, 5.74) is 0. The largest absolute Gasteiger partial charge is 0.327 e. The van der Waals surface area contributed by atoms with Gasteiger partial charge in [-0.3, -0.25) is 0 Å². The van der Waals surface area contributed by atoms with Crippen molar-refractivity contribution in [3.8, 4) is 0 Å². The molecule has 5 heteroatoms. The number of rotatable bonds is 5. The third-order valence-corrected chi connectivity index (χ3v) is 1.78. The highest BCUT2D eigenvalue weighted by Crippen LogP contribution is 2.05. The normalized spacial score (nSPS) is 10.8. The van der Waals surface area contributed by atoms with Crippen LogP contribution in [0.2, 0.25) is 0 Å². The summed E-state index contributed by atoms with van der Waals surface area (Å²) < 4.78 is 4.90. The Morgan fingerprint density at radius 2 is 2.08 bits per heavy atom. The highest BCUT2D eigenvalue weighted by molar-refractivity contribution is 5.20. The first-order chi connectivity index (χ1) is 6.20. The van der Waals surface area contributed by atoms with Crippen LogP contribution in [0.3, 0.4) is 0 Å². The molecule has 0 spiro atoms. The molecular weight excluding hydrogens is 168 g/mol. The SMILES string of the molecule is CN(C)CCCN(C)c1ncno1. The molecule has 0 saturated heterocycles. The average Bonchev–Trinajstić information content (AvgIpc) is 2.55. The minimum absolute atomic E-state index is 0.582. The Hall–Kier alpha value is -1.10. The van der Waals surface area contributed by atoms with E-state index in [2.05, 4.69) is 29.1 Å². The number of hydrogen-bond donors (Lipinski definition) is 0. The van der Waals surface area contributed by atoms with Gasteiger partial charge in [-0.15, -0.1) is 0 Å². The predicted molar refractivity (Wildman–Crippen MR) is 50.7 cm³/mol. The van der Waals surface area contributed by atoms with Crippen molar-refractivity contribution < 1.29 is 4.52 Å². The van der Waals surface area contributed by atoms with E-state index in [-0.39, 0.29) is 0 Å². The molecule has 0 fully saturated rings. The van der Waals surface area contributed by atoms with Crippen LogP contribution >= 0.6 is 0 Å². The lowest BCUT2D eigenvalue weighted by molar-refractivity contribution is 0.390. The van der Waals surface area contributed by atoms with E-state index in [1.54, 1.807) is 0 Å². The number of anilines is 1. The van der Waals surface area contributed by atoms with Gasteiger partial charge < -0.3 is 14.3 Å². The van der Waals surface area contributed by atoms with Crippen molar-refractivity contribution in [3.05, 3.63) is 6.33 Å². The Morgan fingerprint density at radius 3 is 2.62 bits per heavy atom. The first-order valence-corrected chi connectivity index (χ1v) is 4.32. The Labute approximate surface area is 78.3 Å². The van der Waals surface area contributed by atoms with Crippen LogP contribution in [0.5, 0.6) is 0 Å². The number of hydrogen-bond acceptors (Lipinski definition) is 5. The monoisotopic (exact) mass is 184 g/mol. The van der Waals surface area contributed by atoms with Gasteiger partial charge >= 0.3 is 6.01 Å². The highest BCUT2D eigenvalue weighted by atomic mass is 16.5. The van der Waals surface area contributed by atoms with Gasteiger partial charge in [0.05, 0.1) is 0 Å². The fourth-order valence-electron chi connectivity index (χ4n) is 1.06. The van der Waals surface area contributed by atoms with E-state index in [0.29, 0.717) is 6.01 Å². The Bertz CT molecular complexity index is 222. The molecule has 0 N–H and O–H groups in total. The first-order valence-electron chi connectivity index (χ1n) is 4.32. The number of aromatic nitrogens is 2. The molecule has 0 aromatic carbocycles. The van der Waals surface area contributed by atoms with Crippen LogP contribution < -0.4 is 4.90 Å². The molecule has 0 aliphatic carbocycles. The van der Waals surface area contributed by atoms with Crippen LogP contribution in [-0.4, -0.2) is 49.3 Å². The quantitative estimate of drug-likeness (QED) is 0.665. The Kier molecular flexibility index (Phi) is 3.70. The van der Waals surface area contributed by atoms with Gasteiger partial charge in [0.15, 0.2) is 6.33 Å². The van der Waals surface area contributed by atoms with Gasteiger partial charge in [-0.1, -0.05) is 5.16 Å². The lowest BCUT2D eigenvalue weighted by atomic mass is 10.4. The van der Waals surface area contributed by atoms with Crippen molar-refractivity contribution >= 4 is 6.01 Å². The summed E-state index contributed by atoms with van der Waals surface area (Å²) >= 11 is 0. The van der Waals surface area contributed by atoms with Gasteiger partial charge in [-0.2, -0.15) is 4.98 Å². The zero-order valence-electron chi connectivity index (χ0n) is 8.40. The molecule has 0 aliphatic rings. The van der Waals surface area contributed by atoms with Crippen LogP contribution in [0.15, 0.2) is 10.9 Å². The van der Waals surface area contributed by atoms with E-state index in [9.17, 15) is 0 Å². The molecule has 0 aliphatic heterocycles. The zero-order chi connectivity index (χ0) is 9.68. The smallest absolute Gasteiger partial charge is 0.323 e. The fourth-order valence-corrected chi connectivity index (χ4v) is 1.06. The fraction of sp³-hybridized carbons (Fsp3) is 0.750. The lowest BCUT2D eigenvalue weighted by Crippen LogP contribution is -2.23. The van der Waals surface area contributed by atoms with E-state index in [0.717, 1.165) is 19.5 Å². The molecule has 1 aromatic rings.